The van der Waals surface area contributed by atoms with Crippen LogP contribution in [0.1, 0.15) is 0 Å². The van der Waals surface area contributed by atoms with Crippen LogP contribution in [-0.2, 0) is 0 Å². The normalized spacial score (nSPS) is 11.9. The molecule has 0 atom stereocenters. The third-order valence-corrected chi connectivity index (χ3v) is 14.3. The number of fused-ring (bicyclic) bond motifs is 9. The Morgan fingerprint density at radius 1 is 0.136 bits per heavy atom. The van der Waals surface area contributed by atoms with E-state index in [1.807, 2.05) is 0 Å². The topological polar surface area (TPSA) is 0 Å². The van der Waals surface area contributed by atoms with E-state index in [4.69, 9.17) is 0 Å². The fraction of sp³-hybridized carbons (Fsp3) is 0. The number of rotatable bonds is 6. The third-order valence-electron chi connectivity index (χ3n) is 14.3. The van der Waals surface area contributed by atoms with E-state index in [9.17, 15) is 0 Å². The van der Waals surface area contributed by atoms with E-state index in [1.54, 1.807) is 0 Å². The second-order valence-corrected chi connectivity index (χ2v) is 17.8. The Bertz CT molecular complexity index is 3890. The van der Waals surface area contributed by atoms with E-state index in [0.717, 1.165) is 0 Å². The van der Waals surface area contributed by atoms with Crippen molar-refractivity contribution in [2.24, 2.45) is 0 Å². The summed E-state index contributed by atoms with van der Waals surface area (Å²) in [5.74, 6) is 0. The fourth-order valence-electron chi connectivity index (χ4n) is 11.5. The monoisotopic (exact) mass is 832 g/mol. The second kappa shape index (κ2) is 14.5. The summed E-state index contributed by atoms with van der Waals surface area (Å²) >= 11 is 0. The van der Waals surface area contributed by atoms with Gasteiger partial charge in [0.15, 0.2) is 0 Å². The fourth-order valence-corrected chi connectivity index (χ4v) is 11.5. The Morgan fingerprint density at radius 2 is 0.424 bits per heavy atom. The van der Waals surface area contributed by atoms with Gasteiger partial charge in [0.1, 0.15) is 0 Å². The van der Waals surface area contributed by atoms with Crippen molar-refractivity contribution in [3.63, 3.8) is 0 Å². The summed E-state index contributed by atoms with van der Waals surface area (Å²) in [6.45, 7) is 0. The van der Waals surface area contributed by atoms with E-state index >= 15 is 0 Å². The van der Waals surface area contributed by atoms with Gasteiger partial charge in [-0.2, -0.15) is 0 Å². The van der Waals surface area contributed by atoms with Crippen LogP contribution in [0.25, 0.3) is 142 Å². The molecule has 0 N–H and O–H groups in total. The summed E-state index contributed by atoms with van der Waals surface area (Å²) < 4.78 is 0. The smallest absolute Gasteiger partial charge is 0.00137 e. The lowest BCUT2D eigenvalue weighted by atomic mass is 9.91. The molecule has 304 valence electrons. The predicted octanol–water partition coefficient (Wildman–Crippen LogP) is 18.6. The molecule has 14 aromatic carbocycles. The third kappa shape index (κ3) is 5.46. The van der Waals surface area contributed by atoms with E-state index < -0.39 is 0 Å². The van der Waals surface area contributed by atoms with E-state index in [0.29, 0.717) is 0 Å². The zero-order valence-corrected chi connectivity index (χ0v) is 36.1. The molecule has 0 unspecified atom stereocenters. The molecule has 0 aliphatic heterocycles. The van der Waals surface area contributed by atoms with Gasteiger partial charge in [-0.15, -0.1) is 0 Å². The molecule has 0 heterocycles. The summed E-state index contributed by atoms with van der Waals surface area (Å²) in [6, 6.07) is 90.2. The van der Waals surface area contributed by atoms with Gasteiger partial charge in [-0.1, -0.05) is 218 Å². The maximum Gasteiger partial charge on any atom is -0.00137 e. The van der Waals surface area contributed by atoms with Crippen LogP contribution < -0.4 is 0 Å². The molecule has 0 bridgehead atoms. The summed E-state index contributed by atoms with van der Waals surface area (Å²) in [6.07, 6.45) is 0. The van der Waals surface area contributed by atoms with Gasteiger partial charge < -0.3 is 0 Å². The van der Waals surface area contributed by atoms with Crippen molar-refractivity contribution in [1.82, 2.24) is 0 Å². The van der Waals surface area contributed by atoms with Crippen molar-refractivity contribution >= 4 is 75.4 Å². The minimum Gasteiger partial charge on any atom is -0.0622 e. The van der Waals surface area contributed by atoms with E-state index in [1.165, 1.54) is 142 Å². The van der Waals surface area contributed by atoms with Crippen LogP contribution in [0.4, 0.5) is 0 Å². The lowest BCUT2D eigenvalue weighted by Crippen LogP contribution is -1.86. The van der Waals surface area contributed by atoms with Crippen LogP contribution in [0, 0.1) is 0 Å². The average molecular weight is 833 g/mol. The molecule has 0 nitrogen and oxygen atoms in total. The molecule has 0 aliphatic rings. The van der Waals surface area contributed by atoms with Crippen LogP contribution >= 0.6 is 0 Å². The predicted molar refractivity (Wildman–Crippen MR) is 284 cm³/mol. The SMILES string of the molecule is c1ccc(-c2cccc(-c3ccc(-c4ccccc4)c4c5cc6c(cc7c8c(-c9ccccc9)ccc(-c9cccc(-c%10ccccc%10)c9)c8c8cccc6c87)c6cccc(c34)c65)c2)cc1. The molecule has 0 spiro atoms. The molecular formula is C66H40. The van der Waals surface area contributed by atoms with Crippen LogP contribution in [-0.4, -0.2) is 0 Å². The molecule has 14 aromatic rings. The average Bonchev–Trinajstić information content (AvgIpc) is 3.91. The van der Waals surface area contributed by atoms with Gasteiger partial charge in [0.05, 0.1) is 0 Å². The van der Waals surface area contributed by atoms with Crippen LogP contribution in [0.5, 0.6) is 0 Å². The largest absolute Gasteiger partial charge is 0.0622 e. The van der Waals surface area contributed by atoms with Gasteiger partial charge in [-0.05, 0) is 166 Å². The molecule has 66 heavy (non-hydrogen) atoms. The summed E-state index contributed by atoms with van der Waals surface area (Å²) in [5, 5.41) is 18.3. The highest BCUT2D eigenvalue weighted by molar-refractivity contribution is 6.44. The highest BCUT2D eigenvalue weighted by Crippen LogP contribution is 2.53. The zero-order chi connectivity index (χ0) is 43.3. The first kappa shape index (κ1) is 36.9. The van der Waals surface area contributed by atoms with Gasteiger partial charge in [0.2, 0.25) is 0 Å². The Hall–Kier alpha value is -8.58. The highest BCUT2D eigenvalue weighted by Gasteiger charge is 2.25. The standard InChI is InChI=1S/C66H40/c1-5-17-41(18-6-1)45-25-13-27-47(37-45)51-35-33-49(43-21-9-3-10-22-43)65-59-39-57-54-30-16-32-56-62(54)60(40-58(57)53-29-15-31-55(61(53)59)63(51)65)66-50(44-23-11-4-12-24-44)34-36-52(64(56)66)48-28-14-26-46(38-48)42-19-7-2-8-20-42/h1-40H. The molecule has 0 radical (unpaired) electrons. The van der Waals surface area contributed by atoms with Gasteiger partial charge in [0, 0.05) is 0 Å². The van der Waals surface area contributed by atoms with Crippen LogP contribution in [0.3, 0.4) is 0 Å². The van der Waals surface area contributed by atoms with Crippen molar-refractivity contribution in [1.29, 1.82) is 0 Å². The van der Waals surface area contributed by atoms with E-state index in [2.05, 4.69) is 243 Å². The first-order valence-corrected chi connectivity index (χ1v) is 23.0. The first-order valence-electron chi connectivity index (χ1n) is 23.0. The lowest BCUT2D eigenvalue weighted by Gasteiger charge is -2.12. The minimum atomic E-state index is 1.22. The molecule has 0 amide bonds. The Morgan fingerprint density at radius 3 is 0.818 bits per heavy atom. The molecule has 0 heteroatoms. The molecule has 0 saturated carbocycles. The summed E-state index contributed by atoms with van der Waals surface area (Å²) in [7, 11) is 0. The zero-order valence-electron chi connectivity index (χ0n) is 36.1. The van der Waals surface area contributed by atoms with Gasteiger partial charge in [-0.25, -0.2) is 0 Å². The Kier molecular flexibility index (Phi) is 8.08. The maximum atomic E-state index is 2.54. The van der Waals surface area contributed by atoms with Crippen LogP contribution in [0.15, 0.2) is 243 Å². The second-order valence-electron chi connectivity index (χ2n) is 17.8. The Labute approximate surface area is 383 Å². The van der Waals surface area contributed by atoms with Crippen molar-refractivity contribution in [2.45, 2.75) is 0 Å². The molecular weight excluding hydrogens is 793 g/mol. The summed E-state index contributed by atoms with van der Waals surface area (Å²) in [5.41, 5.74) is 14.8. The van der Waals surface area contributed by atoms with Gasteiger partial charge >= 0.3 is 0 Å². The number of benzene rings is 12. The van der Waals surface area contributed by atoms with Gasteiger partial charge in [0.25, 0.3) is 0 Å². The maximum absolute atomic E-state index is 2.54. The van der Waals surface area contributed by atoms with Crippen molar-refractivity contribution < 1.29 is 0 Å². The van der Waals surface area contributed by atoms with E-state index in [-0.39, 0.29) is 0 Å². The lowest BCUT2D eigenvalue weighted by molar-refractivity contribution is 1.60. The summed E-state index contributed by atoms with van der Waals surface area (Å²) in [4.78, 5) is 0. The molecule has 0 fully saturated rings. The number of hydrogen-bond donors (Lipinski definition) is 0. The molecule has 0 aliphatic carbocycles. The minimum absolute atomic E-state index is 1.22. The van der Waals surface area contributed by atoms with Crippen molar-refractivity contribution in [2.75, 3.05) is 0 Å². The van der Waals surface area contributed by atoms with Crippen molar-refractivity contribution in [3.05, 3.63) is 243 Å². The van der Waals surface area contributed by atoms with Gasteiger partial charge in [-0.3, -0.25) is 0 Å². The Balaban J connectivity index is 1.11. The molecule has 0 saturated heterocycles. The number of hydrogen-bond acceptors (Lipinski definition) is 0. The highest BCUT2D eigenvalue weighted by atomic mass is 14.3. The first-order chi connectivity index (χ1) is 32.8. The molecule has 14 rings (SSSR count). The van der Waals surface area contributed by atoms with Crippen molar-refractivity contribution in [3.8, 4) is 66.8 Å². The van der Waals surface area contributed by atoms with Crippen LogP contribution in [0.2, 0.25) is 0 Å². The molecule has 0 aromatic heterocycles. The quantitative estimate of drug-likeness (QED) is 0.146.